The highest BCUT2D eigenvalue weighted by Crippen LogP contribution is 2.36. The number of nitrogens with zero attached hydrogens (tertiary/aromatic N) is 3. The molecule has 1 aliphatic heterocycles. The van der Waals surface area contributed by atoms with Gasteiger partial charge in [-0.1, -0.05) is 19.1 Å². The zero-order valence-electron chi connectivity index (χ0n) is 18.7. The van der Waals surface area contributed by atoms with Gasteiger partial charge in [-0.05, 0) is 49.8 Å². The molecule has 7 nitrogen and oxygen atoms in total. The van der Waals surface area contributed by atoms with Gasteiger partial charge in [-0.2, -0.15) is 4.31 Å². The number of thiophene rings is 1. The van der Waals surface area contributed by atoms with Crippen molar-refractivity contribution in [2.45, 2.75) is 44.0 Å². The van der Waals surface area contributed by atoms with Crippen LogP contribution in [0.15, 0.2) is 34.0 Å². The Morgan fingerprint density at radius 2 is 1.94 bits per heavy atom. The van der Waals surface area contributed by atoms with Crippen molar-refractivity contribution in [3.8, 4) is 0 Å². The molecule has 5 rings (SSSR count). The first-order valence-corrected chi connectivity index (χ1v) is 13.5. The van der Waals surface area contributed by atoms with E-state index in [-0.39, 0.29) is 29.6 Å². The summed E-state index contributed by atoms with van der Waals surface area (Å²) in [7, 11) is -3.89. The third-order valence-corrected chi connectivity index (χ3v) is 9.94. The molecular weight excluding hydrogens is 463 g/mol. The summed E-state index contributed by atoms with van der Waals surface area (Å²) >= 11 is 1.63. The van der Waals surface area contributed by atoms with Crippen molar-refractivity contribution in [3.63, 3.8) is 0 Å². The Morgan fingerprint density at radius 3 is 2.67 bits per heavy atom. The zero-order valence-corrected chi connectivity index (χ0v) is 20.3. The van der Waals surface area contributed by atoms with Crippen molar-refractivity contribution < 1.29 is 12.8 Å². The molecule has 0 bridgehead atoms. The van der Waals surface area contributed by atoms with Gasteiger partial charge >= 0.3 is 0 Å². The van der Waals surface area contributed by atoms with Gasteiger partial charge in [0.1, 0.15) is 21.4 Å². The van der Waals surface area contributed by atoms with E-state index in [1.807, 2.05) is 6.92 Å². The maximum atomic E-state index is 14.1. The number of hydrogen-bond donors (Lipinski definition) is 1. The molecule has 2 aromatic heterocycles. The number of rotatable bonds is 4. The number of halogens is 1. The van der Waals surface area contributed by atoms with Crippen LogP contribution in [0.25, 0.3) is 10.2 Å². The van der Waals surface area contributed by atoms with Crippen LogP contribution >= 0.6 is 11.3 Å². The van der Waals surface area contributed by atoms with Crippen molar-refractivity contribution in [2.24, 2.45) is 5.92 Å². The number of aryl methyl sites for hydroxylation is 1. The van der Waals surface area contributed by atoms with Crippen molar-refractivity contribution in [1.82, 2.24) is 19.2 Å². The van der Waals surface area contributed by atoms with E-state index in [1.165, 1.54) is 27.4 Å². The van der Waals surface area contributed by atoms with Gasteiger partial charge in [0.15, 0.2) is 0 Å². The van der Waals surface area contributed by atoms with Crippen LogP contribution in [0.1, 0.15) is 42.6 Å². The quantitative estimate of drug-likeness (QED) is 0.606. The van der Waals surface area contributed by atoms with Crippen molar-refractivity contribution in [3.05, 3.63) is 56.7 Å². The standard InChI is InChI=1S/C23H27FN4O3S2/c1-14-7-8-16-18(13-14)32-23-20(16)22(29)25-21(26-23)15(2)27-9-11-28(12-10-27)33(30,31)19-6-4-3-5-17(19)24/h3-6,14-15H,7-13H2,1-2H3,(H,25,26,29). The lowest BCUT2D eigenvalue weighted by atomic mass is 9.89. The fraction of sp³-hybridized carbons (Fsp3) is 0.478. The molecule has 10 heteroatoms. The summed E-state index contributed by atoms with van der Waals surface area (Å²) in [6.07, 6.45) is 3.02. The van der Waals surface area contributed by atoms with E-state index in [4.69, 9.17) is 4.98 Å². The molecule has 1 N–H and O–H groups in total. The van der Waals surface area contributed by atoms with Crippen LogP contribution in [-0.2, 0) is 22.9 Å². The Balaban J connectivity index is 1.35. The fourth-order valence-corrected chi connectivity index (χ4v) is 7.74. The van der Waals surface area contributed by atoms with Crippen molar-refractivity contribution in [2.75, 3.05) is 26.2 Å². The summed E-state index contributed by atoms with van der Waals surface area (Å²) < 4.78 is 41.2. The van der Waals surface area contributed by atoms with Gasteiger partial charge in [-0.15, -0.1) is 11.3 Å². The van der Waals surface area contributed by atoms with E-state index in [9.17, 15) is 17.6 Å². The molecule has 0 saturated carbocycles. The third kappa shape index (κ3) is 4.03. The van der Waals surface area contributed by atoms with Crippen LogP contribution in [0, 0.1) is 11.7 Å². The first kappa shape index (κ1) is 22.6. The second-order valence-electron chi connectivity index (χ2n) is 9.03. The lowest BCUT2D eigenvalue weighted by molar-refractivity contribution is 0.141. The van der Waals surface area contributed by atoms with Gasteiger partial charge in [0, 0.05) is 31.1 Å². The summed E-state index contributed by atoms with van der Waals surface area (Å²) in [4.78, 5) is 24.6. The molecule has 1 fully saturated rings. The lowest BCUT2D eigenvalue weighted by Gasteiger charge is -2.36. The minimum atomic E-state index is -3.89. The number of benzene rings is 1. The Bertz CT molecular complexity index is 1360. The molecule has 33 heavy (non-hydrogen) atoms. The number of nitrogens with one attached hydrogen (secondary N) is 1. The molecule has 3 aromatic rings. The third-order valence-electron chi connectivity index (χ3n) is 6.85. The van der Waals surface area contributed by atoms with Gasteiger partial charge in [0.2, 0.25) is 10.0 Å². The molecular formula is C23H27FN4O3S2. The molecule has 2 unspecified atom stereocenters. The number of fused-ring (bicyclic) bond motifs is 3. The van der Waals surface area contributed by atoms with E-state index in [1.54, 1.807) is 11.3 Å². The largest absolute Gasteiger partial charge is 0.309 e. The molecule has 2 atom stereocenters. The smallest absolute Gasteiger partial charge is 0.259 e. The molecule has 0 spiro atoms. The highest BCUT2D eigenvalue weighted by molar-refractivity contribution is 7.89. The molecule has 3 heterocycles. The molecule has 0 radical (unpaired) electrons. The topological polar surface area (TPSA) is 86.4 Å². The monoisotopic (exact) mass is 490 g/mol. The molecule has 2 aliphatic rings. The van der Waals surface area contributed by atoms with Crippen LogP contribution in [0.3, 0.4) is 0 Å². The summed E-state index contributed by atoms with van der Waals surface area (Å²) in [5.74, 6) is 0.487. The Hall–Kier alpha value is -2.14. The van der Waals surface area contributed by atoms with E-state index < -0.39 is 15.8 Å². The van der Waals surface area contributed by atoms with Gasteiger partial charge in [0.05, 0.1) is 11.4 Å². The number of aromatic nitrogens is 2. The summed E-state index contributed by atoms with van der Waals surface area (Å²) in [6.45, 7) is 5.65. The summed E-state index contributed by atoms with van der Waals surface area (Å²) in [5.41, 5.74) is 1.07. The minimum absolute atomic E-state index is 0.0883. The van der Waals surface area contributed by atoms with Gasteiger partial charge in [-0.3, -0.25) is 9.69 Å². The predicted molar refractivity (Wildman–Crippen MR) is 127 cm³/mol. The normalized spacial score (nSPS) is 21.2. The number of piperazine rings is 1. The van der Waals surface area contributed by atoms with Gasteiger partial charge < -0.3 is 4.98 Å². The fourth-order valence-electron chi connectivity index (χ4n) is 4.86. The second kappa shape index (κ2) is 8.57. The van der Waals surface area contributed by atoms with Crippen LogP contribution in [0.2, 0.25) is 0 Å². The van der Waals surface area contributed by atoms with Crippen molar-refractivity contribution >= 4 is 31.6 Å². The number of hydrogen-bond acceptors (Lipinski definition) is 6. The van der Waals surface area contributed by atoms with Gasteiger partial charge in [-0.25, -0.2) is 17.8 Å². The number of sulfonamides is 1. The molecule has 0 amide bonds. The SMILES string of the molecule is CC1CCc2c(sc3nc(C(C)N4CCN(S(=O)(=O)c5ccccc5F)CC4)[nH]c(=O)c23)C1. The Labute approximate surface area is 196 Å². The van der Waals surface area contributed by atoms with E-state index in [2.05, 4.69) is 16.8 Å². The van der Waals surface area contributed by atoms with Crippen LogP contribution < -0.4 is 5.56 Å². The predicted octanol–water partition coefficient (Wildman–Crippen LogP) is 3.32. The highest BCUT2D eigenvalue weighted by Gasteiger charge is 2.33. The molecule has 1 aliphatic carbocycles. The summed E-state index contributed by atoms with van der Waals surface area (Å²) in [6, 6.07) is 5.29. The molecule has 176 valence electrons. The summed E-state index contributed by atoms with van der Waals surface area (Å²) in [5, 5.41) is 0.735. The van der Waals surface area contributed by atoms with Crippen molar-refractivity contribution in [1.29, 1.82) is 0 Å². The van der Waals surface area contributed by atoms with Gasteiger partial charge in [0.25, 0.3) is 5.56 Å². The first-order valence-electron chi connectivity index (χ1n) is 11.3. The Morgan fingerprint density at radius 1 is 1.21 bits per heavy atom. The molecule has 1 aromatic carbocycles. The van der Waals surface area contributed by atoms with Crippen LogP contribution in [0.4, 0.5) is 4.39 Å². The minimum Gasteiger partial charge on any atom is -0.309 e. The first-order chi connectivity index (χ1) is 15.8. The average molecular weight is 491 g/mol. The van der Waals surface area contributed by atoms with E-state index >= 15 is 0 Å². The van der Waals surface area contributed by atoms with E-state index in [0.717, 1.165) is 41.1 Å². The maximum Gasteiger partial charge on any atom is 0.259 e. The zero-order chi connectivity index (χ0) is 23.3. The van der Waals surface area contributed by atoms with Crippen LogP contribution in [-0.4, -0.2) is 53.8 Å². The average Bonchev–Trinajstić information content (AvgIpc) is 3.16. The lowest BCUT2D eigenvalue weighted by Crippen LogP contribution is -2.49. The number of aromatic amines is 1. The maximum absolute atomic E-state index is 14.1. The highest BCUT2D eigenvalue weighted by atomic mass is 32.2. The van der Waals surface area contributed by atoms with E-state index in [0.29, 0.717) is 24.8 Å². The van der Waals surface area contributed by atoms with Crippen LogP contribution in [0.5, 0.6) is 0 Å². The second-order valence-corrected chi connectivity index (χ2v) is 12.0. The Kier molecular flexibility index (Phi) is 5.88. The molecule has 1 saturated heterocycles. The number of H-pyrrole nitrogens is 1.